The number of nitrogens with one attached hydrogen (secondary N) is 1. The molecule has 34 heavy (non-hydrogen) atoms. The lowest BCUT2D eigenvalue weighted by Gasteiger charge is -2.45. The van der Waals surface area contributed by atoms with Crippen LogP contribution in [0.1, 0.15) is 49.7 Å². The minimum Gasteiger partial charge on any atom is -0.463 e. The molecule has 1 fully saturated rings. The van der Waals surface area contributed by atoms with Crippen molar-refractivity contribution in [2.45, 2.75) is 51.4 Å². The summed E-state index contributed by atoms with van der Waals surface area (Å²) in [5, 5.41) is 5.88. The van der Waals surface area contributed by atoms with Crippen molar-refractivity contribution in [1.29, 1.82) is 0 Å². The molecule has 3 heterocycles. The molecule has 2 aromatic rings. The Morgan fingerprint density at radius 3 is 2.85 bits per heavy atom. The van der Waals surface area contributed by atoms with Crippen LogP contribution in [0.5, 0.6) is 0 Å². The molecule has 2 aliphatic rings. The van der Waals surface area contributed by atoms with E-state index in [1.54, 1.807) is 13.1 Å². The Bertz CT molecular complexity index is 1090. The first-order valence-electron chi connectivity index (χ1n) is 11.4. The summed E-state index contributed by atoms with van der Waals surface area (Å²) in [7, 11) is 0. The first kappa shape index (κ1) is 24.8. The number of alkyl halides is 1. The Morgan fingerprint density at radius 1 is 1.38 bits per heavy atom. The lowest BCUT2D eigenvalue weighted by atomic mass is 9.92. The number of aliphatic imine (C=N–C) groups is 1. The quantitative estimate of drug-likeness (QED) is 0.480. The summed E-state index contributed by atoms with van der Waals surface area (Å²) in [5.41, 5.74) is 1.33. The monoisotopic (exact) mass is 508 g/mol. The number of nitrogens with zero attached hydrogens (tertiary/aromatic N) is 3. The highest BCUT2D eigenvalue weighted by Gasteiger charge is 2.41. The summed E-state index contributed by atoms with van der Waals surface area (Å²) in [4.78, 5) is 24.3. The van der Waals surface area contributed by atoms with Crippen LogP contribution in [-0.4, -0.2) is 53.6 Å². The fourth-order valence-electron chi connectivity index (χ4n) is 4.30. The van der Waals surface area contributed by atoms with E-state index in [-0.39, 0.29) is 23.2 Å². The van der Waals surface area contributed by atoms with Gasteiger partial charge in [0.15, 0.2) is 10.8 Å². The van der Waals surface area contributed by atoms with E-state index in [0.717, 1.165) is 19.3 Å². The number of benzene rings is 1. The van der Waals surface area contributed by atoms with Gasteiger partial charge in [0.1, 0.15) is 18.0 Å². The van der Waals surface area contributed by atoms with Gasteiger partial charge in [-0.1, -0.05) is 37.4 Å². The zero-order chi connectivity index (χ0) is 24.2. The second-order valence-electron chi connectivity index (χ2n) is 8.28. The molecule has 0 aliphatic carbocycles. The summed E-state index contributed by atoms with van der Waals surface area (Å²) in [6.45, 7) is 4.60. The summed E-state index contributed by atoms with van der Waals surface area (Å²) in [6, 6.07) is 2.99. The summed E-state index contributed by atoms with van der Waals surface area (Å²) in [5.74, 6) is -0.548. The molecule has 0 radical (unpaired) electrons. The summed E-state index contributed by atoms with van der Waals surface area (Å²) in [6.07, 6.45) is 3.44. The Labute approximate surface area is 206 Å². The van der Waals surface area contributed by atoms with E-state index in [0.29, 0.717) is 35.2 Å². The van der Waals surface area contributed by atoms with Gasteiger partial charge in [0.2, 0.25) is 0 Å². The van der Waals surface area contributed by atoms with Gasteiger partial charge in [-0.25, -0.2) is 18.6 Å². The molecule has 0 spiro atoms. The van der Waals surface area contributed by atoms with Crippen molar-refractivity contribution in [3.8, 4) is 0 Å². The lowest BCUT2D eigenvalue weighted by Crippen LogP contribution is -2.59. The molecule has 1 aromatic heterocycles. The van der Waals surface area contributed by atoms with Crippen LogP contribution in [0.3, 0.4) is 0 Å². The van der Waals surface area contributed by atoms with Crippen molar-refractivity contribution in [1.82, 2.24) is 15.2 Å². The third kappa shape index (κ3) is 5.16. The highest BCUT2D eigenvalue weighted by molar-refractivity contribution is 7.11. The van der Waals surface area contributed by atoms with Gasteiger partial charge in [-0.15, -0.1) is 11.3 Å². The topological polar surface area (TPSA) is 66.8 Å². The smallest absolute Gasteiger partial charge is 0.338 e. The number of esters is 1. The number of halogens is 3. The number of unbranched alkanes of at least 4 members (excludes halogenated alkanes) is 1. The van der Waals surface area contributed by atoms with Crippen LogP contribution < -0.4 is 5.32 Å². The van der Waals surface area contributed by atoms with Crippen LogP contribution in [-0.2, 0) is 9.53 Å². The molecular formula is C24H27ClF2N4O2S. The van der Waals surface area contributed by atoms with Crippen molar-refractivity contribution in [2.75, 3.05) is 19.7 Å². The van der Waals surface area contributed by atoms with Crippen molar-refractivity contribution in [3.63, 3.8) is 0 Å². The van der Waals surface area contributed by atoms with Crippen LogP contribution in [0, 0.1) is 5.82 Å². The number of aromatic nitrogens is 1. The number of carbonyl (C=O) groups excluding carboxylic acids is 1. The Balaban J connectivity index is 1.77. The molecule has 0 bridgehead atoms. The predicted molar refractivity (Wildman–Crippen MR) is 129 cm³/mol. The maximum Gasteiger partial charge on any atom is 0.338 e. The standard InChI is InChI=1S/C24H27ClF2N4O2S/c1-3-5-6-19-17(27)12-31(19)13-18-20(24(32)33-4-2)21(15-8-7-14(26)11-16(15)25)30-22(29-18)23-28-9-10-34-23/h7-11,17,19,21H,3-6,12-13H2,1-2H3,(H,29,30)/t17?,19?,21-/m0/s1. The molecule has 0 saturated carbocycles. The van der Waals surface area contributed by atoms with E-state index in [2.05, 4.69) is 17.2 Å². The molecule has 2 aliphatic heterocycles. The van der Waals surface area contributed by atoms with Crippen molar-refractivity contribution >= 4 is 34.7 Å². The van der Waals surface area contributed by atoms with Gasteiger partial charge < -0.3 is 10.1 Å². The first-order valence-corrected chi connectivity index (χ1v) is 12.7. The zero-order valence-electron chi connectivity index (χ0n) is 19.1. The van der Waals surface area contributed by atoms with Gasteiger partial charge in [-0.2, -0.15) is 0 Å². The van der Waals surface area contributed by atoms with Gasteiger partial charge >= 0.3 is 5.97 Å². The number of likely N-dealkylation sites (tertiary alicyclic amines) is 1. The number of hydrogen-bond acceptors (Lipinski definition) is 7. The van der Waals surface area contributed by atoms with Crippen LogP contribution in [0.2, 0.25) is 5.02 Å². The average molecular weight is 509 g/mol. The molecule has 182 valence electrons. The number of amidine groups is 1. The van der Waals surface area contributed by atoms with Crippen molar-refractivity contribution < 1.29 is 18.3 Å². The first-order chi connectivity index (χ1) is 16.4. The Morgan fingerprint density at radius 2 is 2.21 bits per heavy atom. The Hall–Kier alpha value is -2.36. The fourth-order valence-corrected chi connectivity index (χ4v) is 5.16. The van der Waals surface area contributed by atoms with Gasteiger partial charge in [0.05, 0.1) is 12.2 Å². The number of carbonyl (C=O) groups is 1. The maximum atomic E-state index is 14.4. The van der Waals surface area contributed by atoms with Gasteiger partial charge in [-0.05, 0) is 25.5 Å². The van der Waals surface area contributed by atoms with E-state index in [1.165, 1.54) is 29.5 Å². The van der Waals surface area contributed by atoms with Crippen LogP contribution in [0.15, 0.2) is 46.0 Å². The largest absolute Gasteiger partial charge is 0.463 e. The minimum atomic E-state index is -0.892. The molecule has 1 saturated heterocycles. The highest BCUT2D eigenvalue weighted by Crippen LogP contribution is 2.38. The van der Waals surface area contributed by atoms with E-state index < -0.39 is 24.0 Å². The lowest BCUT2D eigenvalue weighted by molar-refractivity contribution is -0.139. The molecule has 6 nitrogen and oxygen atoms in total. The van der Waals surface area contributed by atoms with Crippen molar-refractivity contribution in [2.24, 2.45) is 4.99 Å². The van der Waals surface area contributed by atoms with Gasteiger partial charge in [0.25, 0.3) is 0 Å². The van der Waals surface area contributed by atoms with Crippen LogP contribution in [0.25, 0.3) is 0 Å². The third-order valence-electron chi connectivity index (χ3n) is 6.02. The molecule has 4 rings (SSSR count). The second-order valence-corrected chi connectivity index (χ2v) is 9.58. The van der Waals surface area contributed by atoms with Gasteiger partial charge in [0, 0.05) is 47.0 Å². The normalized spacial score (nSPS) is 22.7. The van der Waals surface area contributed by atoms with Gasteiger partial charge in [-0.3, -0.25) is 9.89 Å². The Kier molecular flexibility index (Phi) is 7.95. The average Bonchev–Trinajstić information content (AvgIpc) is 3.34. The fraction of sp³-hybridized carbons (Fsp3) is 0.458. The highest BCUT2D eigenvalue weighted by atomic mass is 35.5. The molecule has 1 aromatic carbocycles. The number of hydrogen-bond donors (Lipinski definition) is 1. The maximum absolute atomic E-state index is 14.4. The predicted octanol–water partition coefficient (Wildman–Crippen LogP) is 5.06. The summed E-state index contributed by atoms with van der Waals surface area (Å²) >= 11 is 7.79. The third-order valence-corrected chi connectivity index (χ3v) is 7.13. The minimum absolute atomic E-state index is 0.156. The molecule has 3 atom stereocenters. The van der Waals surface area contributed by atoms with E-state index in [1.807, 2.05) is 10.3 Å². The van der Waals surface area contributed by atoms with E-state index in [9.17, 15) is 13.6 Å². The second kappa shape index (κ2) is 10.9. The van der Waals surface area contributed by atoms with E-state index >= 15 is 0 Å². The summed E-state index contributed by atoms with van der Waals surface area (Å²) < 4.78 is 33.5. The number of ether oxygens (including phenoxy) is 1. The number of thiazole rings is 1. The van der Waals surface area contributed by atoms with E-state index in [4.69, 9.17) is 21.3 Å². The molecule has 2 unspecified atom stereocenters. The molecule has 0 amide bonds. The van der Waals surface area contributed by atoms with Crippen LogP contribution in [0.4, 0.5) is 8.78 Å². The van der Waals surface area contributed by atoms with Crippen LogP contribution >= 0.6 is 22.9 Å². The molecular weight excluding hydrogens is 482 g/mol. The number of rotatable bonds is 9. The zero-order valence-corrected chi connectivity index (χ0v) is 20.6. The SMILES string of the molecule is CCCCC1C(F)CN1CC1=C(C(=O)OCC)[C@H](c2ccc(F)cc2Cl)N=C(c2nccs2)N1. The van der Waals surface area contributed by atoms with Crippen molar-refractivity contribution in [3.05, 3.63) is 62.5 Å². The molecule has 10 heteroatoms. The molecule has 1 N–H and O–H groups in total.